The highest BCUT2D eigenvalue weighted by Gasteiger charge is 2.32. The summed E-state index contributed by atoms with van der Waals surface area (Å²) in [5.41, 5.74) is -1.34. The first-order chi connectivity index (χ1) is 14.2. The number of aromatic hydroxyl groups is 1. The molecule has 160 valence electrons. The molecule has 0 radical (unpaired) electrons. The van der Waals surface area contributed by atoms with Gasteiger partial charge in [0, 0.05) is 39.4 Å². The lowest BCUT2D eigenvalue weighted by Gasteiger charge is -2.37. The zero-order chi connectivity index (χ0) is 22.0. The highest BCUT2D eigenvalue weighted by atomic mass is 19.1. The average molecular weight is 421 g/mol. The van der Waals surface area contributed by atoms with E-state index in [9.17, 15) is 28.3 Å². The number of hydrazine groups is 1. The largest absolute Gasteiger partial charge is 0.503 e. The van der Waals surface area contributed by atoms with Crippen molar-refractivity contribution in [3.05, 3.63) is 63.1 Å². The summed E-state index contributed by atoms with van der Waals surface area (Å²) in [6.07, 6.45) is 0.956. The van der Waals surface area contributed by atoms with Gasteiger partial charge in [-0.15, -0.1) is 0 Å². The lowest BCUT2D eigenvalue weighted by atomic mass is 10.0. The maximum absolute atomic E-state index is 13.8. The molecule has 0 unspecified atom stereocenters. The molecule has 0 fully saturated rings. The smallest absolute Gasteiger partial charge is 0.288 e. The summed E-state index contributed by atoms with van der Waals surface area (Å²) in [6, 6.07) is 3.03. The van der Waals surface area contributed by atoms with Crippen LogP contribution in [0.15, 0.2) is 29.2 Å². The molecule has 30 heavy (non-hydrogen) atoms. The van der Waals surface area contributed by atoms with Crippen LogP contribution in [-0.2, 0) is 17.8 Å². The second-order valence-electron chi connectivity index (χ2n) is 6.89. The number of nitrogens with zero attached hydrogens (tertiary/aromatic N) is 3. The molecule has 0 aliphatic carbocycles. The molecule has 10 heteroatoms. The lowest BCUT2D eigenvalue weighted by molar-refractivity contribution is -0.0397. The molecule has 8 nitrogen and oxygen atoms in total. The fourth-order valence-electron chi connectivity index (χ4n) is 3.26. The predicted molar refractivity (Wildman–Crippen MR) is 102 cm³/mol. The monoisotopic (exact) mass is 421 g/mol. The summed E-state index contributed by atoms with van der Waals surface area (Å²) in [5.74, 6) is -3.54. The lowest BCUT2D eigenvalue weighted by Crippen LogP contribution is -2.51. The number of aromatic nitrogens is 1. The Hall–Kier alpha value is -3.11. The molecule has 0 saturated heterocycles. The van der Waals surface area contributed by atoms with Gasteiger partial charge in [-0.3, -0.25) is 19.4 Å². The van der Waals surface area contributed by atoms with Gasteiger partial charge in [0.25, 0.3) is 5.91 Å². The zero-order valence-corrected chi connectivity index (χ0v) is 16.5. The summed E-state index contributed by atoms with van der Waals surface area (Å²) in [4.78, 5) is 37.7. The Balaban J connectivity index is 1.88. The van der Waals surface area contributed by atoms with Crippen molar-refractivity contribution in [2.45, 2.75) is 19.5 Å². The average Bonchev–Trinajstić information content (AvgIpc) is 2.71. The first-order valence-electron chi connectivity index (χ1n) is 9.20. The first kappa shape index (κ1) is 21.6. The number of carbonyl (C=O) groups excluding carboxylic acids is 2. The van der Waals surface area contributed by atoms with Crippen molar-refractivity contribution in [1.29, 1.82) is 0 Å². The van der Waals surface area contributed by atoms with Crippen LogP contribution in [0.4, 0.5) is 8.78 Å². The van der Waals surface area contributed by atoms with E-state index in [0.717, 1.165) is 12.1 Å². The Bertz CT molecular complexity index is 1050. The number of hydrogen-bond acceptors (Lipinski definition) is 6. The van der Waals surface area contributed by atoms with Gasteiger partial charge >= 0.3 is 0 Å². The number of hydrogen-bond donors (Lipinski definition) is 1. The number of fused-ring (bicyclic) bond motifs is 1. The quantitative estimate of drug-likeness (QED) is 0.683. The van der Waals surface area contributed by atoms with Crippen molar-refractivity contribution in [3.8, 4) is 5.75 Å². The van der Waals surface area contributed by atoms with Gasteiger partial charge in [0.1, 0.15) is 11.6 Å². The van der Waals surface area contributed by atoms with E-state index in [1.54, 1.807) is 5.01 Å². The number of Topliss-reactive ketones (excluding diaryl/α,β-unsaturated/α-hetero) is 1. The molecule has 1 aliphatic heterocycles. The van der Waals surface area contributed by atoms with E-state index in [2.05, 4.69) is 0 Å². The number of amides is 1. The Labute approximate surface area is 170 Å². The van der Waals surface area contributed by atoms with Crippen LogP contribution in [0.25, 0.3) is 0 Å². The van der Waals surface area contributed by atoms with Gasteiger partial charge in [-0.25, -0.2) is 8.78 Å². The van der Waals surface area contributed by atoms with Crippen LogP contribution >= 0.6 is 0 Å². The number of carbonyl (C=O) groups is 2. The molecular formula is C20H21F2N3O5. The predicted octanol–water partition coefficient (Wildman–Crippen LogP) is 1.55. The molecule has 0 saturated carbocycles. The summed E-state index contributed by atoms with van der Waals surface area (Å²) in [7, 11) is 3.02. The van der Waals surface area contributed by atoms with Gasteiger partial charge in [0.2, 0.25) is 5.43 Å². The molecular weight excluding hydrogens is 400 g/mol. The van der Waals surface area contributed by atoms with Crippen LogP contribution in [0.5, 0.6) is 5.75 Å². The van der Waals surface area contributed by atoms with Crippen LogP contribution in [0, 0.1) is 11.6 Å². The van der Waals surface area contributed by atoms with E-state index >= 15 is 0 Å². The van der Waals surface area contributed by atoms with E-state index in [0.29, 0.717) is 13.2 Å². The van der Waals surface area contributed by atoms with Crippen LogP contribution < -0.4 is 5.43 Å². The highest BCUT2D eigenvalue weighted by Crippen LogP contribution is 2.22. The number of benzene rings is 1. The summed E-state index contributed by atoms with van der Waals surface area (Å²) >= 11 is 0. The number of halogens is 2. The molecule has 1 amide bonds. The van der Waals surface area contributed by atoms with Crippen molar-refractivity contribution < 1.29 is 28.2 Å². The minimum atomic E-state index is -0.960. The number of methoxy groups -OCH3 is 1. The van der Waals surface area contributed by atoms with Gasteiger partial charge in [0.05, 0.1) is 18.8 Å². The van der Waals surface area contributed by atoms with Crippen LogP contribution in [-0.4, -0.2) is 58.7 Å². The fraction of sp³-hybridized carbons (Fsp3) is 0.350. The molecule has 1 N–H and O–H groups in total. The molecule has 0 spiro atoms. The van der Waals surface area contributed by atoms with Crippen molar-refractivity contribution in [3.63, 3.8) is 0 Å². The third kappa shape index (κ3) is 4.10. The van der Waals surface area contributed by atoms with E-state index in [1.165, 1.54) is 36.0 Å². The number of aryl methyl sites for hydroxylation is 1. The minimum Gasteiger partial charge on any atom is -0.503 e. The van der Waals surface area contributed by atoms with E-state index in [1.807, 2.05) is 0 Å². The van der Waals surface area contributed by atoms with Crippen LogP contribution in [0.3, 0.4) is 0 Å². The molecule has 2 aromatic rings. The molecule has 2 heterocycles. The van der Waals surface area contributed by atoms with Crippen molar-refractivity contribution in [1.82, 2.24) is 14.6 Å². The molecule has 3 rings (SSSR count). The number of rotatable bonds is 7. The van der Waals surface area contributed by atoms with Crippen LogP contribution in [0.1, 0.15) is 32.8 Å². The Morgan fingerprint density at radius 3 is 2.67 bits per heavy atom. The second-order valence-corrected chi connectivity index (χ2v) is 6.89. The SMILES string of the molecule is COCCN1Cn2cc(C(=O)CCc3ccc(F)cc3F)c(=O)c(O)c2C(=O)N1C. The molecule has 1 aliphatic rings. The Kier molecular flexibility index (Phi) is 6.28. The van der Waals surface area contributed by atoms with Gasteiger partial charge in [-0.2, -0.15) is 5.01 Å². The van der Waals surface area contributed by atoms with Crippen molar-refractivity contribution in [2.24, 2.45) is 0 Å². The van der Waals surface area contributed by atoms with Crippen molar-refractivity contribution in [2.75, 3.05) is 27.3 Å². The second kappa shape index (κ2) is 8.72. The maximum atomic E-state index is 13.8. The first-order valence-corrected chi connectivity index (χ1v) is 9.20. The van der Waals surface area contributed by atoms with Crippen molar-refractivity contribution >= 4 is 11.7 Å². The summed E-state index contributed by atoms with van der Waals surface area (Å²) in [5, 5.41) is 13.2. The number of pyridine rings is 1. The third-order valence-electron chi connectivity index (χ3n) is 4.98. The van der Waals surface area contributed by atoms with E-state index in [-0.39, 0.29) is 36.3 Å². The van der Waals surface area contributed by atoms with Gasteiger partial charge in [-0.05, 0) is 18.1 Å². The third-order valence-corrected chi connectivity index (χ3v) is 4.98. The van der Waals surface area contributed by atoms with Crippen LogP contribution in [0.2, 0.25) is 0 Å². The molecule has 1 aromatic heterocycles. The summed E-state index contributed by atoms with van der Waals surface area (Å²) in [6.45, 7) is 0.827. The van der Waals surface area contributed by atoms with E-state index < -0.39 is 34.5 Å². The molecule has 0 bridgehead atoms. The minimum absolute atomic E-state index is 0.0471. The fourth-order valence-corrected chi connectivity index (χ4v) is 3.26. The Morgan fingerprint density at radius 2 is 2.00 bits per heavy atom. The molecule has 0 atom stereocenters. The topological polar surface area (TPSA) is 92.1 Å². The highest BCUT2D eigenvalue weighted by molar-refractivity contribution is 5.99. The number of ether oxygens (including phenoxy) is 1. The van der Waals surface area contributed by atoms with Gasteiger partial charge < -0.3 is 14.4 Å². The van der Waals surface area contributed by atoms with Gasteiger partial charge in [0.15, 0.2) is 17.2 Å². The summed E-state index contributed by atoms with van der Waals surface area (Å²) < 4.78 is 33.1. The maximum Gasteiger partial charge on any atom is 0.288 e. The zero-order valence-electron chi connectivity index (χ0n) is 16.5. The normalized spacial score (nSPS) is 14.1. The standard InChI is InChI=1S/C20H21F2N3O5/c1-23-20(29)17-19(28)18(27)14(10-24(17)11-25(23)7-8-30-2)16(26)6-4-12-3-5-13(21)9-15(12)22/h3,5,9-10,28H,4,6-8,11H2,1-2H3. The van der Waals surface area contributed by atoms with Gasteiger partial charge in [-0.1, -0.05) is 6.07 Å². The Morgan fingerprint density at radius 1 is 1.27 bits per heavy atom. The van der Waals surface area contributed by atoms with E-state index in [4.69, 9.17) is 4.74 Å². The molecule has 1 aromatic carbocycles. The number of ketones is 1.